The molecule has 1 aliphatic rings. The highest BCUT2D eigenvalue weighted by molar-refractivity contribution is 7.10. The molecule has 0 saturated carbocycles. The van der Waals surface area contributed by atoms with Gasteiger partial charge in [0.2, 0.25) is 0 Å². The number of rotatable bonds is 8. The minimum Gasteiger partial charge on any atom is -0.396 e. The van der Waals surface area contributed by atoms with Crippen molar-refractivity contribution < 1.29 is 18.0 Å². The number of allylic oxidation sites excluding steroid dienone is 3. The van der Waals surface area contributed by atoms with Crippen LogP contribution in [-0.2, 0) is 0 Å². The van der Waals surface area contributed by atoms with Crippen molar-refractivity contribution in [2.24, 2.45) is 11.6 Å². The minimum absolute atomic E-state index is 0.137. The number of nitrogens with two attached hydrogens (primary N) is 2. The number of carbonyl (C=O) groups is 1. The third kappa shape index (κ3) is 8.08. The average Bonchev–Trinajstić information content (AvgIpc) is 3.30. The fourth-order valence-corrected chi connectivity index (χ4v) is 3.94. The second kappa shape index (κ2) is 13.6. The van der Waals surface area contributed by atoms with Crippen molar-refractivity contribution in [3.05, 3.63) is 87.2 Å². The molecule has 0 aliphatic heterocycles. The number of anilines is 1. The fraction of sp³-hybridized carbons (Fsp3) is 0.280. The maximum Gasteiger partial charge on any atom is 0.263 e. The number of nitrogens with zero attached hydrogens (tertiary/aromatic N) is 3. The van der Waals surface area contributed by atoms with Crippen LogP contribution in [0.4, 0.5) is 18.9 Å². The van der Waals surface area contributed by atoms with Crippen LogP contribution in [0.5, 0.6) is 0 Å². The van der Waals surface area contributed by atoms with E-state index in [2.05, 4.69) is 10.3 Å². The summed E-state index contributed by atoms with van der Waals surface area (Å²) in [5.41, 5.74) is 11.0. The Morgan fingerprint density at radius 3 is 2.61 bits per heavy atom. The van der Waals surface area contributed by atoms with E-state index in [-0.39, 0.29) is 5.57 Å². The number of likely N-dealkylation sites (N-methyl/N-ethyl adjacent to an activating group) is 1. The number of benzene rings is 1. The fourth-order valence-electron chi connectivity index (χ4n) is 3.39. The summed E-state index contributed by atoms with van der Waals surface area (Å²) in [6.07, 6.45) is 5.53. The van der Waals surface area contributed by atoms with E-state index in [1.165, 1.54) is 28.5 Å². The summed E-state index contributed by atoms with van der Waals surface area (Å²) in [7, 11) is 4.24. The normalized spacial score (nSPS) is 13.8. The van der Waals surface area contributed by atoms with E-state index in [0.29, 0.717) is 42.8 Å². The van der Waals surface area contributed by atoms with E-state index < -0.39 is 12.3 Å². The van der Waals surface area contributed by atoms with Crippen LogP contribution in [-0.4, -0.2) is 50.0 Å². The molecule has 194 valence electrons. The van der Waals surface area contributed by atoms with E-state index in [4.69, 9.17) is 11.6 Å². The predicted octanol–water partition coefficient (Wildman–Crippen LogP) is 4.37. The highest BCUT2D eigenvalue weighted by Gasteiger charge is 2.17. The molecule has 1 heterocycles. The summed E-state index contributed by atoms with van der Waals surface area (Å²) in [5.74, 6) is 5.78. The smallest absolute Gasteiger partial charge is 0.263 e. The zero-order chi connectivity index (χ0) is 26.8. The Bertz CT molecular complexity index is 1160. The first-order valence-electron chi connectivity index (χ1n) is 10.9. The first-order chi connectivity index (χ1) is 17.1. The molecule has 0 spiro atoms. The summed E-state index contributed by atoms with van der Waals surface area (Å²) < 4.78 is 36.6. The number of halogens is 3. The summed E-state index contributed by atoms with van der Waals surface area (Å²) in [4.78, 5) is 19.6. The minimum atomic E-state index is -2.65. The highest BCUT2D eigenvalue weighted by Crippen LogP contribution is 2.24. The van der Waals surface area contributed by atoms with Crippen molar-refractivity contribution in [1.29, 1.82) is 0 Å². The molecule has 1 amide bonds. The van der Waals surface area contributed by atoms with Crippen LogP contribution >= 0.6 is 11.3 Å². The van der Waals surface area contributed by atoms with Crippen LogP contribution in [0.3, 0.4) is 0 Å². The third-order valence-corrected chi connectivity index (χ3v) is 5.87. The van der Waals surface area contributed by atoms with Crippen LogP contribution in [0, 0.1) is 6.92 Å². The zero-order valence-electron chi connectivity index (χ0n) is 20.6. The van der Waals surface area contributed by atoms with Gasteiger partial charge in [-0.1, -0.05) is 12.1 Å². The van der Waals surface area contributed by atoms with Gasteiger partial charge in [0.25, 0.3) is 12.3 Å². The maximum absolute atomic E-state index is 13.5. The number of nitrogens with one attached hydrogen (secondary N) is 1. The van der Waals surface area contributed by atoms with Gasteiger partial charge in [0, 0.05) is 42.2 Å². The molecule has 2 aromatic rings. The Hall–Kier alpha value is -3.41. The number of alkyl halides is 3. The molecule has 0 atom stereocenters. The monoisotopic (exact) mass is 520 g/mol. The van der Waals surface area contributed by atoms with E-state index in [9.17, 15) is 18.0 Å². The standard InChI is InChI=1S/C24H28F2N6OS.CH3F/c1-15-4-6-17(10-21(15)32(28)13-20(27)22-11-29-14-34-22)24(33)30-19-7-5-16(12-31(2)3)8-18(9-19)23(25)26;1-2/h4-6,8-11,13-14,23H,7,12,27-28H2,1-3H3,(H,30,33);1H3/b20-13-;. The Balaban J connectivity index is 0.00000222. The molecule has 1 aromatic carbocycles. The molecular weight excluding hydrogens is 489 g/mol. The number of hydrogen-bond donors (Lipinski definition) is 3. The van der Waals surface area contributed by atoms with Gasteiger partial charge in [0.1, 0.15) is 0 Å². The largest absolute Gasteiger partial charge is 0.396 e. The number of aryl methyl sites for hydroxylation is 1. The molecule has 0 radical (unpaired) electrons. The van der Waals surface area contributed by atoms with Gasteiger partial charge in [0.05, 0.1) is 28.9 Å². The summed E-state index contributed by atoms with van der Waals surface area (Å²) in [6.45, 7) is 2.38. The van der Waals surface area contributed by atoms with E-state index in [0.717, 1.165) is 16.0 Å². The van der Waals surface area contributed by atoms with Crippen LogP contribution in [0.15, 0.2) is 71.2 Å². The molecule has 0 fully saturated rings. The quantitative estimate of drug-likeness (QED) is 0.353. The molecule has 7 nitrogen and oxygen atoms in total. The second-order valence-corrected chi connectivity index (χ2v) is 9.03. The topological polar surface area (TPSA) is 101 Å². The maximum atomic E-state index is 13.5. The van der Waals surface area contributed by atoms with Crippen LogP contribution in [0.2, 0.25) is 0 Å². The van der Waals surface area contributed by atoms with Gasteiger partial charge >= 0.3 is 0 Å². The van der Waals surface area contributed by atoms with Gasteiger partial charge in [-0.05, 0) is 56.4 Å². The van der Waals surface area contributed by atoms with Gasteiger partial charge in [-0.2, -0.15) is 0 Å². The average molecular weight is 521 g/mol. The Kier molecular flexibility index (Phi) is 10.9. The van der Waals surface area contributed by atoms with Gasteiger partial charge in [-0.15, -0.1) is 11.3 Å². The molecule has 36 heavy (non-hydrogen) atoms. The van der Waals surface area contributed by atoms with Crippen molar-refractivity contribution in [2.45, 2.75) is 19.8 Å². The number of hydrogen-bond acceptors (Lipinski definition) is 7. The Labute approximate surface area is 213 Å². The van der Waals surface area contributed by atoms with Crippen molar-refractivity contribution >= 4 is 28.6 Å². The lowest BCUT2D eigenvalue weighted by Crippen LogP contribution is -2.28. The summed E-state index contributed by atoms with van der Waals surface area (Å²) in [6, 6.07) is 5.06. The van der Waals surface area contributed by atoms with Crippen molar-refractivity contribution in [3.63, 3.8) is 0 Å². The predicted molar refractivity (Wildman–Crippen MR) is 140 cm³/mol. The SMILES string of the molecule is CF.Cc1ccc(C(=O)NC2=CC(C(F)F)=CC(CN(C)C)=CC2)cc1N(N)/C=C(\N)c1cncs1. The van der Waals surface area contributed by atoms with Crippen LogP contribution in [0.1, 0.15) is 27.2 Å². The van der Waals surface area contributed by atoms with Gasteiger partial charge < -0.3 is 16.0 Å². The highest BCUT2D eigenvalue weighted by atomic mass is 32.1. The number of thiazole rings is 1. The van der Waals surface area contributed by atoms with Crippen LogP contribution < -0.4 is 21.9 Å². The number of aromatic nitrogens is 1. The van der Waals surface area contributed by atoms with Gasteiger partial charge in [-0.3, -0.25) is 19.2 Å². The van der Waals surface area contributed by atoms with Gasteiger partial charge in [0.15, 0.2) is 0 Å². The molecule has 11 heteroatoms. The summed E-state index contributed by atoms with van der Waals surface area (Å²) >= 11 is 1.38. The van der Waals surface area contributed by atoms with Crippen LogP contribution in [0.25, 0.3) is 5.70 Å². The summed E-state index contributed by atoms with van der Waals surface area (Å²) in [5, 5.41) is 4.11. The molecule has 0 unspecified atom stereocenters. The Morgan fingerprint density at radius 1 is 1.28 bits per heavy atom. The number of carbonyl (C=O) groups excluding carboxylic acids is 1. The lowest BCUT2D eigenvalue weighted by atomic mass is 10.1. The lowest BCUT2D eigenvalue weighted by molar-refractivity contribution is 0.0965. The number of hydrazine groups is 1. The first kappa shape index (κ1) is 28.8. The first-order valence-corrected chi connectivity index (χ1v) is 11.8. The number of amides is 1. The van der Waals surface area contributed by atoms with E-state index in [1.807, 2.05) is 32.0 Å². The van der Waals surface area contributed by atoms with E-state index in [1.54, 1.807) is 36.1 Å². The molecular formula is C25H31F3N6OS. The van der Waals surface area contributed by atoms with Crippen molar-refractivity contribution in [1.82, 2.24) is 15.2 Å². The molecule has 3 rings (SSSR count). The second-order valence-electron chi connectivity index (χ2n) is 8.15. The zero-order valence-corrected chi connectivity index (χ0v) is 21.5. The Morgan fingerprint density at radius 2 is 2.00 bits per heavy atom. The lowest BCUT2D eigenvalue weighted by Gasteiger charge is -2.18. The molecule has 0 bridgehead atoms. The molecule has 1 aliphatic carbocycles. The molecule has 0 saturated heterocycles. The van der Waals surface area contributed by atoms with Crippen molar-refractivity contribution in [3.8, 4) is 0 Å². The van der Waals surface area contributed by atoms with Gasteiger partial charge in [-0.25, -0.2) is 14.6 Å². The molecule has 5 N–H and O–H groups in total. The third-order valence-electron chi connectivity index (χ3n) is 5.05. The molecule has 1 aromatic heterocycles. The van der Waals surface area contributed by atoms with E-state index >= 15 is 0 Å². The van der Waals surface area contributed by atoms with Crippen molar-refractivity contribution in [2.75, 3.05) is 32.8 Å².